The minimum absolute atomic E-state index is 0.0986. The number of amides is 1. The molecule has 0 aliphatic carbocycles. The molecule has 0 unspecified atom stereocenters. The lowest BCUT2D eigenvalue weighted by Crippen LogP contribution is -2.32. The normalized spacial score (nSPS) is 13.0. The van der Waals surface area contributed by atoms with Gasteiger partial charge in [0.25, 0.3) is 0 Å². The summed E-state index contributed by atoms with van der Waals surface area (Å²) >= 11 is 0. The molecule has 0 fully saturated rings. The Hall–Kier alpha value is -2.74. The van der Waals surface area contributed by atoms with E-state index in [1.54, 1.807) is 13.1 Å². The zero-order chi connectivity index (χ0) is 20.0. The molecule has 7 nitrogen and oxygen atoms in total. The predicted octanol–water partition coefficient (Wildman–Crippen LogP) is 2.16. The van der Waals surface area contributed by atoms with Crippen LogP contribution in [0.3, 0.4) is 0 Å². The van der Waals surface area contributed by atoms with Crippen molar-refractivity contribution >= 4 is 15.7 Å². The van der Waals surface area contributed by atoms with Gasteiger partial charge in [0.1, 0.15) is 25.6 Å². The van der Waals surface area contributed by atoms with E-state index in [0.29, 0.717) is 37.9 Å². The van der Waals surface area contributed by atoms with Gasteiger partial charge in [-0.2, -0.15) is 0 Å². The highest BCUT2D eigenvalue weighted by Crippen LogP contribution is 2.32. The fourth-order valence-corrected chi connectivity index (χ4v) is 3.93. The number of hydrogen-bond acceptors (Lipinski definition) is 6. The summed E-state index contributed by atoms with van der Waals surface area (Å²) in [6.45, 7) is 1.53. The summed E-state index contributed by atoms with van der Waals surface area (Å²) in [6.07, 6.45) is -0.0986. The van der Waals surface area contributed by atoms with E-state index in [-0.39, 0.29) is 23.0 Å². The number of sulfone groups is 1. The molecule has 1 amide bonds. The Labute approximate surface area is 164 Å². The van der Waals surface area contributed by atoms with E-state index in [1.165, 1.54) is 17.0 Å². The van der Waals surface area contributed by atoms with Crippen molar-refractivity contribution in [1.29, 1.82) is 0 Å². The van der Waals surface area contributed by atoms with Crippen LogP contribution in [0.15, 0.2) is 53.4 Å². The fourth-order valence-electron chi connectivity index (χ4n) is 2.69. The monoisotopic (exact) mass is 405 g/mol. The molecule has 0 bridgehead atoms. The van der Waals surface area contributed by atoms with Crippen LogP contribution < -0.4 is 14.2 Å². The van der Waals surface area contributed by atoms with E-state index < -0.39 is 9.84 Å². The lowest BCUT2D eigenvalue weighted by atomic mass is 10.3. The molecular formula is C20H23NO6S. The number of carbonyl (C=O) groups excluding carboxylic acids is 1. The molecule has 2 aromatic rings. The molecule has 3 rings (SSSR count). The first-order valence-electron chi connectivity index (χ1n) is 9.00. The number of fused-ring (bicyclic) bond motifs is 1. The van der Waals surface area contributed by atoms with E-state index in [9.17, 15) is 13.2 Å². The first-order chi connectivity index (χ1) is 13.5. The van der Waals surface area contributed by atoms with Crippen LogP contribution >= 0.6 is 0 Å². The van der Waals surface area contributed by atoms with E-state index in [2.05, 4.69) is 0 Å². The van der Waals surface area contributed by atoms with Crippen LogP contribution in [-0.2, 0) is 14.6 Å². The molecular weight excluding hydrogens is 382 g/mol. The second-order valence-electron chi connectivity index (χ2n) is 6.35. The van der Waals surface area contributed by atoms with Gasteiger partial charge >= 0.3 is 0 Å². The van der Waals surface area contributed by atoms with Crippen molar-refractivity contribution in [2.45, 2.75) is 11.3 Å². The number of para-hydroxylation sites is 1. The van der Waals surface area contributed by atoms with Gasteiger partial charge in [0.2, 0.25) is 5.91 Å². The predicted molar refractivity (Wildman–Crippen MR) is 104 cm³/mol. The summed E-state index contributed by atoms with van der Waals surface area (Å²) in [4.78, 5) is 13.9. The van der Waals surface area contributed by atoms with Gasteiger partial charge in [-0.15, -0.1) is 0 Å². The third-order valence-corrected chi connectivity index (χ3v) is 6.04. The minimum Gasteiger partial charge on any atom is -0.492 e. The second kappa shape index (κ2) is 8.97. The first-order valence-corrected chi connectivity index (χ1v) is 10.7. The summed E-state index contributed by atoms with van der Waals surface area (Å²) in [5.74, 6) is 1.14. The van der Waals surface area contributed by atoms with Gasteiger partial charge in [-0.05, 0) is 24.3 Å². The maximum atomic E-state index is 12.6. The maximum Gasteiger partial charge on any atom is 0.223 e. The molecule has 0 saturated heterocycles. The van der Waals surface area contributed by atoms with Gasteiger partial charge in [0, 0.05) is 19.5 Å². The van der Waals surface area contributed by atoms with Gasteiger partial charge in [0.05, 0.1) is 17.2 Å². The number of rotatable bonds is 8. The Kier molecular flexibility index (Phi) is 6.41. The second-order valence-corrected chi connectivity index (χ2v) is 8.46. The molecule has 0 aromatic heterocycles. The van der Waals surface area contributed by atoms with Crippen molar-refractivity contribution in [2.24, 2.45) is 0 Å². The highest BCUT2D eigenvalue weighted by molar-refractivity contribution is 7.91. The Morgan fingerprint density at radius 2 is 1.79 bits per heavy atom. The zero-order valence-electron chi connectivity index (χ0n) is 15.7. The van der Waals surface area contributed by atoms with E-state index >= 15 is 0 Å². The Morgan fingerprint density at radius 3 is 2.54 bits per heavy atom. The Bertz CT molecular complexity index is 914. The van der Waals surface area contributed by atoms with Crippen molar-refractivity contribution in [3.05, 3.63) is 48.5 Å². The molecule has 0 atom stereocenters. The highest BCUT2D eigenvalue weighted by atomic mass is 32.2. The largest absolute Gasteiger partial charge is 0.492 e. The molecule has 1 aliphatic rings. The highest BCUT2D eigenvalue weighted by Gasteiger charge is 2.21. The van der Waals surface area contributed by atoms with Crippen LogP contribution in [-0.4, -0.2) is 58.4 Å². The van der Waals surface area contributed by atoms with Gasteiger partial charge in [-0.3, -0.25) is 4.79 Å². The molecule has 0 N–H and O–H groups in total. The third kappa shape index (κ3) is 5.16. The van der Waals surface area contributed by atoms with Crippen LogP contribution in [0.2, 0.25) is 0 Å². The molecule has 2 aromatic carbocycles. The number of ether oxygens (including phenoxy) is 3. The standard InChI is InChI=1S/C20H23NO6S/c1-21(10-11-25-16-5-3-2-4-6-16)20(22)9-14-28(23,24)17-7-8-18-19(15-17)27-13-12-26-18/h2-8,15H,9-14H2,1H3. The first kappa shape index (κ1) is 20.0. The summed E-state index contributed by atoms with van der Waals surface area (Å²) < 4.78 is 41.5. The third-order valence-electron chi connectivity index (χ3n) is 4.32. The van der Waals surface area contributed by atoms with Crippen LogP contribution in [0.5, 0.6) is 17.2 Å². The van der Waals surface area contributed by atoms with Gasteiger partial charge in [-0.25, -0.2) is 8.42 Å². The quantitative estimate of drug-likeness (QED) is 0.669. The smallest absolute Gasteiger partial charge is 0.223 e. The van der Waals surface area contributed by atoms with Crippen molar-refractivity contribution in [3.63, 3.8) is 0 Å². The van der Waals surface area contributed by atoms with Gasteiger partial charge in [-0.1, -0.05) is 18.2 Å². The van der Waals surface area contributed by atoms with Crippen LogP contribution in [0.4, 0.5) is 0 Å². The number of likely N-dealkylation sites (N-methyl/N-ethyl adjacent to an activating group) is 1. The summed E-state index contributed by atoms with van der Waals surface area (Å²) in [7, 11) is -1.97. The molecule has 0 spiro atoms. The van der Waals surface area contributed by atoms with Gasteiger partial charge in [0.15, 0.2) is 21.3 Å². The molecule has 150 valence electrons. The topological polar surface area (TPSA) is 82.1 Å². The van der Waals surface area contributed by atoms with E-state index in [4.69, 9.17) is 14.2 Å². The number of hydrogen-bond donors (Lipinski definition) is 0. The molecule has 8 heteroatoms. The number of carbonyl (C=O) groups is 1. The van der Waals surface area contributed by atoms with E-state index in [1.807, 2.05) is 30.3 Å². The van der Waals surface area contributed by atoms with Crippen molar-refractivity contribution in [1.82, 2.24) is 4.90 Å². The lowest BCUT2D eigenvalue weighted by molar-refractivity contribution is -0.129. The molecule has 0 radical (unpaired) electrons. The minimum atomic E-state index is -3.60. The van der Waals surface area contributed by atoms with E-state index in [0.717, 1.165) is 5.75 Å². The number of nitrogens with zero attached hydrogens (tertiary/aromatic N) is 1. The fraction of sp³-hybridized carbons (Fsp3) is 0.350. The summed E-state index contributed by atoms with van der Waals surface area (Å²) in [5, 5.41) is 0. The van der Waals surface area contributed by atoms with Crippen molar-refractivity contribution < 1.29 is 27.4 Å². The summed E-state index contributed by atoms with van der Waals surface area (Å²) in [5.41, 5.74) is 0. The summed E-state index contributed by atoms with van der Waals surface area (Å²) in [6, 6.07) is 13.8. The zero-order valence-corrected chi connectivity index (χ0v) is 16.5. The SMILES string of the molecule is CN(CCOc1ccccc1)C(=O)CCS(=O)(=O)c1ccc2c(c1)OCCO2. The van der Waals surface area contributed by atoms with Crippen LogP contribution in [0, 0.1) is 0 Å². The Morgan fingerprint density at radius 1 is 1.07 bits per heavy atom. The van der Waals surface area contributed by atoms with Crippen molar-refractivity contribution in [3.8, 4) is 17.2 Å². The maximum absolute atomic E-state index is 12.6. The van der Waals surface area contributed by atoms with Crippen LogP contribution in [0.1, 0.15) is 6.42 Å². The molecule has 1 heterocycles. The average molecular weight is 405 g/mol. The van der Waals surface area contributed by atoms with Gasteiger partial charge < -0.3 is 19.1 Å². The lowest BCUT2D eigenvalue weighted by Gasteiger charge is -2.19. The Balaban J connectivity index is 1.50. The number of benzene rings is 2. The molecule has 28 heavy (non-hydrogen) atoms. The molecule has 0 saturated carbocycles. The van der Waals surface area contributed by atoms with Crippen LogP contribution in [0.25, 0.3) is 0 Å². The molecule has 1 aliphatic heterocycles. The van der Waals surface area contributed by atoms with Crippen molar-refractivity contribution in [2.75, 3.05) is 39.2 Å². The average Bonchev–Trinajstić information content (AvgIpc) is 2.72.